The summed E-state index contributed by atoms with van der Waals surface area (Å²) in [4.78, 5) is 0. The highest BCUT2D eigenvalue weighted by Gasteiger charge is 2.25. The highest BCUT2D eigenvalue weighted by atomic mass is 35.5. The average molecular weight is 254 g/mol. The molecule has 2 atom stereocenters. The second-order valence-corrected chi connectivity index (χ2v) is 5.28. The number of hydrogen-bond donors (Lipinski definition) is 1. The van der Waals surface area contributed by atoms with Crippen LogP contribution in [0.5, 0.6) is 5.75 Å². The number of aryl methyl sites for hydroxylation is 1. The van der Waals surface area contributed by atoms with Crippen molar-refractivity contribution in [1.82, 2.24) is 5.32 Å². The summed E-state index contributed by atoms with van der Waals surface area (Å²) in [5.74, 6) is 1.69. The second-order valence-electron chi connectivity index (χ2n) is 4.87. The highest BCUT2D eigenvalue weighted by molar-refractivity contribution is 6.31. The molecule has 3 heteroatoms. The monoisotopic (exact) mass is 253 g/mol. The number of benzene rings is 1. The Hall–Kier alpha value is -0.730. The Labute approximate surface area is 108 Å². The molecule has 0 aliphatic carbocycles. The van der Waals surface area contributed by atoms with Crippen molar-refractivity contribution in [2.75, 3.05) is 13.2 Å². The third kappa shape index (κ3) is 2.75. The Kier molecular flexibility index (Phi) is 3.95. The number of halogens is 1. The minimum absolute atomic E-state index is 0.379. The van der Waals surface area contributed by atoms with Crippen LogP contribution < -0.4 is 10.1 Å². The number of nitrogens with one attached hydrogen (secondary N) is 1. The van der Waals surface area contributed by atoms with E-state index in [1.165, 1.54) is 5.56 Å². The lowest BCUT2D eigenvalue weighted by molar-refractivity contribution is 0.332. The molecule has 1 N–H and O–H groups in total. The molecule has 1 aliphatic rings. The second kappa shape index (κ2) is 5.28. The minimum atomic E-state index is 0.379. The largest absolute Gasteiger partial charge is 0.494 e. The van der Waals surface area contributed by atoms with Crippen molar-refractivity contribution >= 4 is 11.6 Å². The average Bonchev–Trinajstić information content (AvgIpc) is 2.70. The summed E-state index contributed by atoms with van der Waals surface area (Å²) in [7, 11) is 0. The van der Waals surface area contributed by atoms with Gasteiger partial charge in [-0.1, -0.05) is 18.5 Å². The first-order chi connectivity index (χ1) is 8.11. The molecule has 1 aromatic rings. The number of ether oxygens (including phenoxy) is 1. The van der Waals surface area contributed by atoms with Crippen LogP contribution in [0.15, 0.2) is 12.1 Å². The first-order valence-corrected chi connectivity index (χ1v) is 6.65. The van der Waals surface area contributed by atoms with E-state index in [1.807, 2.05) is 19.9 Å². The van der Waals surface area contributed by atoms with Crippen molar-refractivity contribution in [2.45, 2.75) is 33.2 Å². The summed E-state index contributed by atoms with van der Waals surface area (Å²) in [6.45, 7) is 8.05. The lowest BCUT2D eigenvalue weighted by Crippen LogP contribution is -2.14. The first kappa shape index (κ1) is 12.7. The summed E-state index contributed by atoms with van der Waals surface area (Å²) < 4.78 is 5.72. The van der Waals surface area contributed by atoms with Crippen LogP contribution in [0.1, 0.15) is 37.4 Å². The molecule has 0 aromatic heterocycles. The fourth-order valence-corrected chi connectivity index (χ4v) is 2.54. The Balaban J connectivity index is 2.33. The van der Waals surface area contributed by atoms with Crippen molar-refractivity contribution in [3.05, 3.63) is 28.3 Å². The van der Waals surface area contributed by atoms with Crippen molar-refractivity contribution in [2.24, 2.45) is 5.92 Å². The van der Waals surface area contributed by atoms with Gasteiger partial charge in [-0.15, -0.1) is 0 Å². The van der Waals surface area contributed by atoms with Gasteiger partial charge in [0.1, 0.15) is 5.75 Å². The van der Waals surface area contributed by atoms with Gasteiger partial charge in [0, 0.05) is 16.6 Å². The van der Waals surface area contributed by atoms with Gasteiger partial charge in [0.05, 0.1) is 6.61 Å². The van der Waals surface area contributed by atoms with E-state index in [9.17, 15) is 0 Å². The molecule has 1 saturated heterocycles. The van der Waals surface area contributed by atoms with Gasteiger partial charge in [-0.2, -0.15) is 0 Å². The molecule has 0 bridgehead atoms. The van der Waals surface area contributed by atoms with Crippen LogP contribution in [0.4, 0.5) is 0 Å². The van der Waals surface area contributed by atoms with E-state index in [2.05, 4.69) is 18.3 Å². The van der Waals surface area contributed by atoms with Crippen LogP contribution in [0.3, 0.4) is 0 Å². The Morgan fingerprint density at radius 2 is 2.24 bits per heavy atom. The lowest BCUT2D eigenvalue weighted by atomic mass is 9.99. The molecule has 2 nitrogen and oxygen atoms in total. The Bertz CT molecular complexity index is 405. The zero-order valence-corrected chi connectivity index (χ0v) is 11.5. The van der Waals surface area contributed by atoms with Crippen LogP contribution in [-0.4, -0.2) is 13.2 Å². The van der Waals surface area contributed by atoms with Crippen molar-refractivity contribution < 1.29 is 4.74 Å². The molecule has 1 fully saturated rings. The van der Waals surface area contributed by atoms with Crippen molar-refractivity contribution in [1.29, 1.82) is 0 Å². The fraction of sp³-hybridized carbons (Fsp3) is 0.571. The molecule has 0 radical (unpaired) electrons. The summed E-state index contributed by atoms with van der Waals surface area (Å²) in [6.07, 6.45) is 1.15. The van der Waals surface area contributed by atoms with E-state index < -0.39 is 0 Å². The van der Waals surface area contributed by atoms with Crippen molar-refractivity contribution in [3.8, 4) is 5.75 Å². The Morgan fingerprint density at radius 3 is 2.82 bits per heavy atom. The lowest BCUT2D eigenvalue weighted by Gasteiger charge is -2.17. The number of hydrogen-bond acceptors (Lipinski definition) is 2. The maximum Gasteiger partial charge on any atom is 0.124 e. The fourth-order valence-electron chi connectivity index (χ4n) is 2.37. The van der Waals surface area contributed by atoms with Crippen LogP contribution in [-0.2, 0) is 0 Å². The van der Waals surface area contributed by atoms with E-state index in [4.69, 9.17) is 16.3 Å². The van der Waals surface area contributed by atoms with Gasteiger partial charge >= 0.3 is 0 Å². The van der Waals surface area contributed by atoms with Crippen LogP contribution in [0, 0.1) is 12.8 Å². The van der Waals surface area contributed by atoms with Crippen LogP contribution in [0.25, 0.3) is 0 Å². The van der Waals surface area contributed by atoms with Gasteiger partial charge in [-0.3, -0.25) is 0 Å². The molecule has 1 aliphatic heterocycles. The molecule has 1 aromatic carbocycles. The van der Waals surface area contributed by atoms with Crippen LogP contribution >= 0.6 is 11.6 Å². The van der Waals surface area contributed by atoms with Gasteiger partial charge in [0.25, 0.3) is 0 Å². The first-order valence-electron chi connectivity index (χ1n) is 6.28. The Morgan fingerprint density at radius 1 is 1.47 bits per heavy atom. The zero-order chi connectivity index (χ0) is 12.4. The number of rotatable bonds is 3. The molecular formula is C14H20ClNO. The third-order valence-corrected chi connectivity index (χ3v) is 3.72. The molecule has 94 valence electrons. The van der Waals surface area contributed by atoms with Gasteiger partial charge < -0.3 is 10.1 Å². The van der Waals surface area contributed by atoms with Gasteiger partial charge in [0.15, 0.2) is 0 Å². The van der Waals surface area contributed by atoms with Crippen LogP contribution in [0.2, 0.25) is 5.02 Å². The summed E-state index contributed by atoms with van der Waals surface area (Å²) >= 11 is 6.22. The van der Waals surface area contributed by atoms with E-state index in [-0.39, 0.29) is 0 Å². The normalized spacial score (nSPS) is 24.0. The molecule has 0 saturated carbocycles. The zero-order valence-electron chi connectivity index (χ0n) is 10.7. The maximum atomic E-state index is 6.22. The standard InChI is InChI=1S/C14H20ClNO/c1-4-17-14-6-10(3)12(15)7-11(14)13-5-9(2)8-16-13/h6-7,9,13,16H,4-5,8H2,1-3H3. The highest BCUT2D eigenvalue weighted by Crippen LogP contribution is 2.36. The van der Waals surface area contributed by atoms with Gasteiger partial charge in [-0.05, 0) is 50.4 Å². The molecule has 0 spiro atoms. The molecule has 2 rings (SSSR count). The van der Waals surface area contributed by atoms with E-state index in [0.717, 1.165) is 35.2 Å². The summed E-state index contributed by atoms with van der Waals surface area (Å²) in [5.41, 5.74) is 2.27. The van der Waals surface area contributed by atoms with E-state index in [1.54, 1.807) is 0 Å². The molecular weight excluding hydrogens is 234 g/mol. The summed E-state index contributed by atoms with van der Waals surface area (Å²) in [6, 6.07) is 4.48. The van der Waals surface area contributed by atoms with E-state index >= 15 is 0 Å². The predicted octanol–water partition coefficient (Wildman–Crippen LogP) is 3.72. The molecule has 2 unspecified atom stereocenters. The molecule has 1 heterocycles. The quantitative estimate of drug-likeness (QED) is 0.887. The maximum absolute atomic E-state index is 6.22. The van der Waals surface area contributed by atoms with Gasteiger partial charge in [-0.25, -0.2) is 0 Å². The molecule has 17 heavy (non-hydrogen) atoms. The predicted molar refractivity (Wildman–Crippen MR) is 71.9 cm³/mol. The SMILES string of the molecule is CCOc1cc(C)c(Cl)cc1C1CC(C)CN1. The van der Waals surface area contributed by atoms with E-state index in [0.29, 0.717) is 12.6 Å². The summed E-state index contributed by atoms with van der Waals surface area (Å²) in [5, 5.41) is 4.35. The third-order valence-electron chi connectivity index (χ3n) is 3.32. The van der Waals surface area contributed by atoms with Gasteiger partial charge in [0.2, 0.25) is 0 Å². The van der Waals surface area contributed by atoms with Crippen molar-refractivity contribution in [3.63, 3.8) is 0 Å². The smallest absolute Gasteiger partial charge is 0.124 e. The minimum Gasteiger partial charge on any atom is -0.494 e. The molecule has 0 amide bonds. The topological polar surface area (TPSA) is 21.3 Å².